The van der Waals surface area contributed by atoms with Gasteiger partial charge in [-0.2, -0.15) is 0 Å². The van der Waals surface area contributed by atoms with Gasteiger partial charge in [-0.15, -0.1) is 11.8 Å². The van der Waals surface area contributed by atoms with Crippen LogP contribution >= 0.6 is 0 Å². The molecule has 2 aromatic rings. The Labute approximate surface area is 128 Å². The standard InChI is InChI=1S/C20H23N/c1-3-4-7-16-19(21-2)20(17-12-8-5-9-13-17)18-14-10-6-11-15-18/h5-6,8-15,19-21H,7,16H2,1-2H3. The van der Waals surface area contributed by atoms with Crippen LogP contribution in [0.4, 0.5) is 0 Å². The molecular formula is C20H23N. The summed E-state index contributed by atoms with van der Waals surface area (Å²) < 4.78 is 0. The number of nitrogens with one attached hydrogen (secondary N) is 1. The molecule has 1 nitrogen and oxygen atoms in total. The molecule has 0 bridgehead atoms. The van der Waals surface area contributed by atoms with E-state index in [1.165, 1.54) is 11.1 Å². The van der Waals surface area contributed by atoms with Crippen LogP contribution in [0.1, 0.15) is 36.8 Å². The van der Waals surface area contributed by atoms with E-state index in [9.17, 15) is 0 Å². The summed E-state index contributed by atoms with van der Waals surface area (Å²) in [7, 11) is 2.04. The fourth-order valence-corrected chi connectivity index (χ4v) is 2.81. The zero-order chi connectivity index (χ0) is 14.9. The van der Waals surface area contributed by atoms with Crippen molar-refractivity contribution in [2.24, 2.45) is 0 Å². The molecule has 0 saturated carbocycles. The molecule has 1 atom stereocenters. The average molecular weight is 277 g/mol. The maximum atomic E-state index is 3.49. The molecule has 0 aromatic heterocycles. The van der Waals surface area contributed by atoms with E-state index in [4.69, 9.17) is 0 Å². The van der Waals surface area contributed by atoms with Crippen LogP contribution in [-0.2, 0) is 0 Å². The van der Waals surface area contributed by atoms with Gasteiger partial charge in [0.1, 0.15) is 0 Å². The molecule has 2 aromatic carbocycles. The summed E-state index contributed by atoms with van der Waals surface area (Å²) in [6, 6.07) is 21.9. The zero-order valence-corrected chi connectivity index (χ0v) is 12.8. The first kappa shape index (κ1) is 15.4. The molecule has 0 radical (unpaired) electrons. The summed E-state index contributed by atoms with van der Waals surface area (Å²) in [6.07, 6.45) is 1.98. The Kier molecular flexibility index (Phi) is 6.06. The summed E-state index contributed by atoms with van der Waals surface area (Å²) in [6.45, 7) is 1.90. The Morgan fingerprint density at radius 1 is 0.905 bits per heavy atom. The molecule has 2 rings (SSSR count). The second-order valence-electron chi connectivity index (χ2n) is 5.16. The normalized spacial score (nSPS) is 11.8. The zero-order valence-electron chi connectivity index (χ0n) is 12.8. The molecule has 0 aliphatic rings. The van der Waals surface area contributed by atoms with Crippen LogP contribution in [0.5, 0.6) is 0 Å². The average Bonchev–Trinajstić information content (AvgIpc) is 2.56. The lowest BCUT2D eigenvalue weighted by Crippen LogP contribution is -2.32. The second kappa shape index (κ2) is 8.29. The highest BCUT2D eigenvalue weighted by atomic mass is 14.9. The fourth-order valence-electron chi connectivity index (χ4n) is 2.81. The van der Waals surface area contributed by atoms with Gasteiger partial charge in [-0.25, -0.2) is 0 Å². The number of hydrogen-bond acceptors (Lipinski definition) is 1. The highest BCUT2D eigenvalue weighted by Gasteiger charge is 2.22. The van der Waals surface area contributed by atoms with Crippen LogP contribution in [0.3, 0.4) is 0 Å². The fraction of sp³-hybridized carbons (Fsp3) is 0.300. The Morgan fingerprint density at radius 2 is 1.43 bits per heavy atom. The monoisotopic (exact) mass is 277 g/mol. The Bertz CT molecular complexity index is 538. The Hall–Kier alpha value is -2.04. The van der Waals surface area contributed by atoms with E-state index in [1.54, 1.807) is 0 Å². The van der Waals surface area contributed by atoms with Crippen LogP contribution in [0.2, 0.25) is 0 Å². The molecule has 0 amide bonds. The van der Waals surface area contributed by atoms with E-state index in [-0.39, 0.29) is 0 Å². The van der Waals surface area contributed by atoms with Gasteiger partial charge in [-0.1, -0.05) is 60.7 Å². The molecule has 1 heteroatoms. The van der Waals surface area contributed by atoms with Crippen molar-refractivity contribution in [2.45, 2.75) is 31.7 Å². The van der Waals surface area contributed by atoms with Gasteiger partial charge in [-0.05, 0) is 31.5 Å². The van der Waals surface area contributed by atoms with Crippen LogP contribution in [0, 0.1) is 11.8 Å². The van der Waals surface area contributed by atoms with E-state index >= 15 is 0 Å². The number of likely N-dealkylation sites (N-methyl/N-ethyl adjacent to an activating group) is 1. The summed E-state index contributed by atoms with van der Waals surface area (Å²) >= 11 is 0. The molecule has 0 spiro atoms. The van der Waals surface area contributed by atoms with Gasteiger partial charge >= 0.3 is 0 Å². The molecule has 0 aliphatic heterocycles. The lowest BCUT2D eigenvalue weighted by atomic mass is 9.83. The van der Waals surface area contributed by atoms with E-state index in [0.717, 1.165) is 12.8 Å². The highest BCUT2D eigenvalue weighted by Crippen LogP contribution is 2.29. The highest BCUT2D eigenvalue weighted by molar-refractivity contribution is 5.34. The quantitative estimate of drug-likeness (QED) is 0.780. The predicted molar refractivity (Wildman–Crippen MR) is 90.3 cm³/mol. The van der Waals surface area contributed by atoms with Crippen molar-refractivity contribution in [3.05, 3.63) is 71.8 Å². The minimum atomic E-state index is 0.357. The summed E-state index contributed by atoms with van der Waals surface area (Å²) in [4.78, 5) is 0. The lowest BCUT2D eigenvalue weighted by molar-refractivity contribution is 0.479. The summed E-state index contributed by atoms with van der Waals surface area (Å²) in [5, 5.41) is 3.49. The van der Waals surface area contributed by atoms with Gasteiger partial charge < -0.3 is 5.32 Å². The van der Waals surface area contributed by atoms with Crippen molar-refractivity contribution in [1.82, 2.24) is 5.32 Å². The number of hydrogen-bond donors (Lipinski definition) is 1. The maximum absolute atomic E-state index is 3.49. The van der Waals surface area contributed by atoms with Crippen LogP contribution < -0.4 is 5.32 Å². The first-order chi connectivity index (χ1) is 10.4. The van der Waals surface area contributed by atoms with Crippen molar-refractivity contribution in [3.63, 3.8) is 0 Å². The van der Waals surface area contributed by atoms with Crippen molar-refractivity contribution >= 4 is 0 Å². The third-order valence-corrected chi connectivity index (χ3v) is 3.85. The van der Waals surface area contributed by atoms with Crippen LogP contribution in [0.15, 0.2) is 60.7 Å². The predicted octanol–water partition coefficient (Wildman–Crippen LogP) is 4.21. The second-order valence-corrected chi connectivity index (χ2v) is 5.16. The van der Waals surface area contributed by atoms with E-state index < -0.39 is 0 Å². The molecule has 1 unspecified atom stereocenters. The molecule has 0 aliphatic carbocycles. The molecule has 0 heterocycles. The van der Waals surface area contributed by atoms with Gasteiger partial charge in [0.15, 0.2) is 0 Å². The molecule has 21 heavy (non-hydrogen) atoms. The van der Waals surface area contributed by atoms with E-state index in [0.29, 0.717) is 12.0 Å². The van der Waals surface area contributed by atoms with Crippen LogP contribution in [-0.4, -0.2) is 13.1 Å². The Balaban J connectivity index is 2.32. The molecule has 0 saturated heterocycles. The van der Waals surface area contributed by atoms with Gasteiger partial charge in [0.2, 0.25) is 0 Å². The largest absolute Gasteiger partial charge is 0.316 e. The number of benzene rings is 2. The Morgan fingerprint density at radius 3 is 1.86 bits per heavy atom. The SMILES string of the molecule is CC#CCCC(NC)C(c1ccccc1)c1ccccc1. The molecule has 0 fully saturated rings. The molecular weight excluding hydrogens is 254 g/mol. The third kappa shape index (κ3) is 4.21. The minimum Gasteiger partial charge on any atom is -0.316 e. The lowest BCUT2D eigenvalue weighted by Gasteiger charge is -2.27. The van der Waals surface area contributed by atoms with Crippen molar-refractivity contribution in [3.8, 4) is 11.8 Å². The van der Waals surface area contributed by atoms with Crippen LogP contribution in [0.25, 0.3) is 0 Å². The smallest absolute Gasteiger partial charge is 0.0243 e. The first-order valence-corrected chi connectivity index (χ1v) is 7.53. The number of rotatable bonds is 6. The van der Waals surface area contributed by atoms with Gasteiger partial charge in [0, 0.05) is 18.4 Å². The van der Waals surface area contributed by atoms with Crippen molar-refractivity contribution in [2.75, 3.05) is 7.05 Å². The van der Waals surface area contributed by atoms with E-state index in [1.807, 2.05) is 14.0 Å². The minimum absolute atomic E-state index is 0.357. The van der Waals surface area contributed by atoms with Gasteiger partial charge in [0.25, 0.3) is 0 Å². The van der Waals surface area contributed by atoms with Crippen molar-refractivity contribution < 1.29 is 0 Å². The summed E-state index contributed by atoms with van der Waals surface area (Å²) in [5.74, 6) is 6.53. The van der Waals surface area contributed by atoms with Gasteiger partial charge in [-0.3, -0.25) is 0 Å². The molecule has 1 N–H and O–H groups in total. The maximum Gasteiger partial charge on any atom is 0.0243 e. The van der Waals surface area contributed by atoms with Crippen molar-refractivity contribution in [1.29, 1.82) is 0 Å². The van der Waals surface area contributed by atoms with Gasteiger partial charge in [0.05, 0.1) is 0 Å². The summed E-state index contributed by atoms with van der Waals surface area (Å²) in [5.41, 5.74) is 2.71. The third-order valence-electron chi connectivity index (χ3n) is 3.85. The first-order valence-electron chi connectivity index (χ1n) is 7.53. The topological polar surface area (TPSA) is 12.0 Å². The van der Waals surface area contributed by atoms with E-state index in [2.05, 4.69) is 77.8 Å². The molecule has 108 valence electrons.